The van der Waals surface area contributed by atoms with Crippen molar-refractivity contribution in [2.45, 2.75) is 11.5 Å². The fourth-order valence-electron chi connectivity index (χ4n) is 1.90. The fraction of sp³-hybridized carbons (Fsp3) is 0.167. The van der Waals surface area contributed by atoms with E-state index in [-0.39, 0.29) is 5.82 Å². The van der Waals surface area contributed by atoms with Crippen molar-refractivity contribution in [2.24, 2.45) is 5.84 Å². The number of aromatic nitrogens is 2. The third-order valence-electron chi connectivity index (χ3n) is 2.82. The predicted octanol–water partition coefficient (Wildman–Crippen LogP) is 2.32. The highest BCUT2D eigenvalue weighted by atomic mass is 32.2. The van der Waals surface area contributed by atoms with Crippen LogP contribution in [0.15, 0.2) is 24.3 Å². The number of benzene rings is 1. The second-order valence-corrected chi connectivity index (χ2v) is 4.95. The zero-order valence-electron chi connectivity index (χ0n) is 9.48. The number of thioether (sulfide) groups is 1. The van der Waals surface area contributed by atoms with Crippen LogP contribution >= 0.6 is 11.8 Å². The summed E-state index contributed by atoms with van der Waals surface area (Å²) in [4.78, 5) is 8.89. The highest BCUT2D eigenvalue weighted by Crippen LogP contribution is 2.33. The molecule has 2 heterocycles. The molecule has 0 radical (unpaired) electrons. The van der Waals surface area contributed by atoms with Crippen molar-refractivity contribution in [2.75, 3.05) is 5.43 Å². The number of nitrogens with two attached hydrogens (primary N) is 1. The van der Waals surface area contributed by atoms with Gasteiger partial charge >= 0.3 is 0 Å². The molecule has 0 bridgehead atoms. The van der Waals surface area contributed by atoms with Crippen LogP contribution in [0.25, 0.3) is 11.4 Å². The summed E-state index contributed by atoms with van der Waals surface area (Å²) < 4.78 is 12.9. The third-order valence-corrected chi connectivity index (χ3v) is 3.79. The molecule has 0 saturated carbocycles. The molecule has 4 nitrogen and oxygen atoms in total. The largest absolute Gasteiger partial charge is 0.308 e. The Bertz CT molecular complexity index is 585. The molecule has 1 aliphatic heterocycles. The van der Waals surface area contributed by atoms with E-state index in [0.717, 1.165) is 28.3 Å². The maximum absolute atomic E-state index is 12.9. The number of anilines is 1. The van der Waals surface area contributed by atoms with E-state index in [0.29, 0.717) is 11.6 Å². The molecule has 6 heteroatoms. The van der Waals surface area contributed by atoms with Gasteiger partial charge in [-0.25, -0.2) is 20.2 Å². The number of hydrogen-bond donors (Lipinski definition) is 2. The molecule has 1 aromatic heterocycles. The highest BCUT2D eigenvalue weighted by molar-refractivity contribution is 7.98. The second kappa shape index (κ2) is 4.55. The number of hydrogen-bond acceptors (Lipinski definition) is 5. The van der Waals surface area contributed by atoms with Crippen LogP contribution in [-0.4, -0.2) is 9.97 Å². The zero-order valence-corrected chi connectivity index (χ0v) is 10.3. The number of nitrogens with one attached hydrogen (secondary N) is 1. The molecule has 0 unspecified atom stereocenters. The molecule has 92 valence electrons. The van der Waals surface area contributed by atoms with E-state index in [9.17, 15) is 4.39 Å². The normalized spacial score (nSPS) is 13.4. The number of nitrogens with zero attached hydrogens (tertiary/aromatic N) is 2. The molecular weight excluding hydrogens is 251 g/mol. The summed E-state index contributed by atoms with van der Waals surface area (Å²) in [5, 5.41) is 0. The van der Waals surface area contributed by atoms with Crippen LogP contribution in [0.4, 0.5) is 10.2 Å². The van der Waals surface area contributed by atoms with Crippen LogP contribution in [0, 0.1) is 5.82 Å². The average molecular weight is 262 g/mol. The summed E-state index contributed by atoms with van der Waals surface area (Å²) in [6.45, 7) is 0. The minimum Gasteiger partial charge on any atom is -0.308 e. The van der Waals surface area contributed by atoms with E-state index in [1.165, 1.54) is 12.1 Å². The predicted molar refractivity (Wildman–Crippen MR) is 70.2 cm³/mol. The first-order valence-electron chi connectivity index (χ1n) is 5.48. The van der Waals surface area contributed by atoms with E-state index in [2.05, 4.69) is 15.4 Å². The van der Waals surface area contributed by atoms with Gasteiger partial charge in [-0.1, -0.05) is 0 Å². The molecule has 0 aliphatic carbocycles. The summed E-state index contributed by atoms with van der Waals surface area (Å²) >= 11 is 1.78. The molecule has 1 aromatic carbocycles. The van der Waals surface area contributed by atoms with Crippen molar-refractivity contribution in [1.29, 1.82) is 0 Å². The lowest BCUT2D eigenvalue weighted by molar-refractivity contribution is 0.628. The van der Waals surface area contributed by atoms with E-state index in [1.807, 2.05) is 0 Å². The first-order chi connectivity index (χ1) is 8.78. The molecule has 0 amide bonds. The monoisotopic (exact) mass is 262 g/mol. The van der Waals surface area contributed by atoms with Gasteiger partial charge in [0, 0.05) is 22.6 Å². The van der Waals surface area contributed by atoms with Crippen molar-refractivity contribution in [1.82, 2.24) is 9.97 Å². The van der Waals surface area contributed by atoms with Crippen LogP contribution in [0.3, 0.4) is 0 Å². The first-order valence-corrected chi connectivity index (χ1v) is 6.63. The van der Waals surface area contributed by atoms with Crippen molar-refractivity contribution in [3.05, 3.63) is 41.3 Å². The summed E-state index contributed by atoms with van der Waals surface area (Å²) in [6.07, 6.45) is 0. The SMILES string of the molecule is NNc1nc(-c2ccc(F)cc2)nc2c1CSC2. The molecule has 3 rings (SSSR count). The van der Waals surface area contributed by atoms with Gasteiger partial charge in [-0.2, -0.15) is 11.8 Å². The van der Waals surface area contributed by atoms with Crippen molar-refractivity contribution in [3.8, 4) is 11.4 Å². The fourth-order valence-corrected chi connectivity index (χ4v) is 2.94. The lowest BCUT2D eigenvalue weighted by atomic mass is 10.2. The van der Waals surface area contributed by atoms with E-state index < -0.39 is 0 Å². The molecule has 3 N–H and O–H groups in total. The van der Waals surface area contributed by atoms with Crippen molar-refractivity contribution in [3.63, 3.8) is 0 Å². The van der Waals surface area contributed by atoms with E-state index in [1.54, 1.807) is 23.9 Å². The molecule has 0 atom stereocenters. The summed E-state index contributed by atoms with van der Waals surface area (Å²) in [5.74, 6) is 8.18. The van der Waals surface area contributed by atoms with Crippen LogP contribution in [0.1, 0.15) is 11.3 Å². The second-order valence-electron chi connectivity index (χ2n) is 3.97. The Labute approximate surface area is 108 Å². The van der Waals surface area contributed by atoms with E-state index in [4.69, 9.17) is 5.84 Å². The summed E-state index contributed by atoms with van der Waals surface area (Å²) in [7, 11) is 0. The van der Waals surface area contributed by atoms with Crippen LogP contribution in [0.2, 0.25) is 0 Å². The van der Waals surface area contributed by atoms with Gasteiger partial charge in [0.1, 0.15) is 11.6 Å². The van der Waals surface area contributed by atoms with Gasteiger partial charge in [0.2, 0.25) is 0 Å². The quantitative estimate of drug-likeness (QED) is 0.642. The van der Waals surface area contributed by atoms with Crippen molar-refractivity contribution >= 4 is 17.6 Å². The molecule has 1 aliphatic rings. The molecule has 18 heavy (non-hydrogen) atoms. The summed E-state index contributed by atoms with van der Waals surface area (Å²) in [6, 6.07) is 6.13. The molecule has 2 aromatic rings. The Morgan fingerprint density at radius 2 is 1.94 bits per heavy atom. The average Bonchev–Trinajstić information content (AvgIpc) is 2.86. The lowest BCUT2D eigenvalue weighted by Gasteiger charge is -2.08. The highest BCUT2D eigenvalue weighted by Gasteiger charge is 2.19. The number of rotatable bonds is 2. The van der Waals surface area contributed by atoms with Crippen LogP contribution in [-0.2, 0) is 11.5 Å². The maximum atomic E-state index is 12.9. The third kappa shape index (κ3) is 1.93. The Kier molecular flexibility index (Phi) is 2.89. The molecule has 0 fully saturated rings. The summed E-state index contributed by atoms with van der Waals surface area (Å²) in [5.41, 5.74) is 5.46. The standard InChI is InChI=1S/C12H11FN4S/c13-8-3-1-7(2-4-8)11-15-10-6-18-5-9(10)12(16-11)17-14/h1-4H,5-6,14H2,(H,15,16,17). The van der Waals surface area contributed by atoms with Gasteiger partial charge in [0.05, 0.1) is 5.69 Å². The topological polar surface area (TPSA) is 63.8 Å². The van der Waals surface area contributed by atoms with Gasteiger partial charge in [0.15, 0.2) is 5.82 Å². The Hall–Kier alpha value is -1.66. The van der Waals surface area contributed by atoms with E-state index >= 15 is 0 Å². The number of nitrogen functional groups attached to an aromatic ring is 1. The first kappa shape index (κ1) is 11.4. The molecule has 0 saturated heterocycles. The van der Waals surface area contributed by atoms with Crippen LogP contribution in [0.5, 0.6) is 0 Å². The Morgan fingerprint density at radius 1 is 1.17 bits per heavy atom. The van der Waals surface area contributed by atoms with Gasteiger partial charge in [-0.05, 0) is 24.3 Å². The minimum atomic E-state index is -0.271. The van der Waals surface area contributed by atoms with Gasteiger partial charge in [-0.3, -0.25) is 0 Å². The number of fused-ring (bicyclic) bond motifs is 1. The van der Waals surface area contributed by atoms with Gasteiger partial charge in [-0.15, -0.1) is 0 Å². The Balaban J connectivity index is 2.10. The molecule has 0 spiro atoms. The van der Waals surface area contributed by atoms with Gasteiger partial charge in [0.25, 0.3) is 0 Å². The maximum Gasteiger partial charge on any atom is 0.161 e. The minimum absolute atomic E-state index is 0.271. The number of hydrazine groups is 1. The number of halogens is 1. The van der Waals surface area contributed by atoms with Crippen LogP contribution < -0.4 is 11.3 Å². The smallest absolute Gasteiger partial charge is 0.161 e. The Morgan fingerprint density at radius 3 is 2.67 bits per heavy atom. The molecular formula is C12H11FN4S. The van der Waals surface area contributed by atoms with Crippen molar-refractivity contribution < 1.29 is 4.39 Å². The lowest BCUT2D eigenvalue weighted by Crippen LogP contribution is -2.12. The van der Waals surface area contributed by atoms with Gasteiger partial charge < -0.3 is 5.43 Å². The zero-order chi connectivity index (χ0) is 12.5.